The van der Waals surface area contributed by atoms with Crippen LogP contribution in [0.3, 0.4) is 0 Å². The highest BCUT2D eigenvalue weighted by Gasteiger charge is 2.67. The zero-order valence-electron chi connectivity index (χ0n) is 20.0. The first kappa shape index (κ1) is 24.3. The number of aliphatic hydroxyl groups excluding tert-OH is 1. The number of aryl methyl sites for hydroxylation is 1. The minimum Gasteiger partial charge on any atom is -0.394 e. The van der Waals surface area contributed by atoms with Crippen LogP contribution in [0, 0.1) is 6.92 Å². The monoisotopic (exact) mass is 480 g/mol. The number of ether oxygens (including phenoxy) is 1. The Bertz CT molecular complexity index is 1230. The van der Waals surface area contributed by atoms with Crippen molar-refractivity contribution >= 4 is 18.4 Å². The number of aliphatic hydroxyl groups is 2. The zero-order valence-corrected chi connectivity index (χ0v) is 21.0. The molecule has 2 aromatic carbocycles. The molecule has 1 aliphatic heterocycles. The van der Waals surface area contributed by atoms with Gasteiger partial charge in [0.1, 0.15) is 12.3 Å². The van der Waals surface area contributed by atoms with Gasteiger partial charge in [-0.25, -0.2) is 4.79 Å². The number of H-pyrrole nitrogens is 1. The Balaban J connectivity index is 2.00. The number of aromatic nitrogens is 2. The van der Waals surface area contributed by atoms with Gasteiger partial charge >= 0.3 is 5.69 Å². The smallest absolute Gasteiger partial charge is 0.330 e. The number of hydrogen-bond donors (Lipinski definition) is 3. The highest BCUT2D eigenvalue weighted by molar-refractivity contribution is 7.06. The summed E-state index contributed by atoms with van der Waals surface area (Å²) in [4.78, 5) is 26.9. The molecule has 7 nitrogen and oxygen atoms in total. The Morgan fingerprint density at radius 1 is 1.06 bits per heavy atom. The summed E-state index contributed by atoms with van der Waals surface area (Å²) in [5.74, 6) is 0. The molecule has 0 bridgehead atoms. The lowest BCUT2D eigenvalue weighted by molar-refractivity contribution is -0.0590. The van der Waals surface area contributed by atoms with E-state index in [2.05, 4.69) is 25.8 Å². The first-order valence-corrected chi connectivity index (χ1v) is 13.5. The summed E-state index contributed by atoms with van der Waals surface area (Å²) in [6.45, 7) is 7.57. The van der Waals surface area contributed by atoms with Crippen molar-refractivity contribution in [1.29, 1.82) is 0 Å². The van der Waals surface area contributed by atoms with Gasteiger partial charge in [0.25, 0.3) is 5.56 Å². The average Bonchev–Trinajstić information content (AvgIpc) is 3.14. The topological polar surface area (TPSA) is 105 Å². The van der Waals surface area contributed by atoms with Gasteiger partial charge in [-0.3, -0.25) is 14.3 Å². The SMILES string of the molecule is Cc1cn([C@H]2C[C@@](O)([Si](c3ccccc3)(c3ccccc3)C(C)(C)C)[C@@H](CO)O2)c(=O)[nH]c1=O. The molecule has 1 aliphatic rings. The molecule has 34 heavy (non-hydrogen) atoms. The van der Waals surface area contributed by atoms with E-state index in [9.17, 15) is 19.8 Å². The van der Waals surface area contributed by atoms with Gasteiger partial charge in [0, 0.05) is 18.2 Å². The summed E-state index contributed by atoms with van der Waals surface area (Å²) >= 11 is 0. The summed E-state index contributed by atoms with van der Waals surface area (Å²) in [5, 5.41) is 23.4. The molecule has 0 spiro atoms. The lowest BCUT2D eigenvalue weighted by Gasteiger charge is -2.53. The maximum atomic E-state index is 12.7. The molecule has 8 heteroatoms. The molecule has 2 heterocycles. The molecule has 1 saturated heterocycles. The van der Waals surface area contributed by atoms with E-state index in [0.717, 1.165) is 10.4 Å². The van der Waals surface area contributed by atoms with Gasteiger partial charge in [0.05, 0.1) is 11.8 Å². The summed E-state index contributed by atoms with van der Waals surface area (Å²) in [5.41, 5.74) is -0.700. The van der Waals surface area contributed by atoms with Crippen LogP contribution in [0.1, 0.15) is 39.0 Å². The van der Waals surface area contributed by atoms with Crippen molar-refractivity contribution in [2.24, 2.45) is 0 Å². The molecule has 180 valence electrons. The van der Waals surface area contributed by atoms with Crippen molar-refractivity contribution in [3.05, 3.63) is 93.3 Å². The lowest BCUT2D eigenvalue weighted by atomic mass is 10.1. The second kappa shape index (κ2) is 8.78. The van der Waals surface area contributed by atoms with Gasteiger partial charge in [-0.2, -0.15) is 0 Å². The van der Waals surface area contributed by atoms with E-state index >= 15 is 0 Å². The predicted octanol–water partition coefficient (Wildman–Crippen LogP) is 1.46. The number of nitrogens with one attached hydrogen (secondary N) is 1. The summed E-state index contributed by atoms with van der Waals surface area (Å²) in [6.07, 6.45) is -0.219. The fourth-order valence-electron chi connectivity index (χ4n) is 5.86. The van der Waals surface area contributed by atoms with Crippen molar-refractivity contribution in [3.63, 3.8) is 0 Å². The molecule has 3 aromatic rings. The van der Waals surface area contributed by atoms with Gasteiger partial charge in [-0.05, 0) is 12.0 Å². The Labute approximate surface area is 199 Å². The Morgan fingerprint density at radius 2 is 1.59 bits per heavy atom. The largest absolute Gasteiger partial charge is 0.394 e. The molecule has 0 aliphatic carbocycles. The number of nitrogens with zero attached hydrogens (tertiary/aromatic N) is 1. The quantitative estimate of drug-likeness (QED) is 0.480. The summed E-state index contributed by atoms with van der Waals surface area (Å²) in [7, 11) is -3.16. The fraction of sp³-hybridized carbons (Fsp3) is 0.385. The first-order chi connectivity index (χ1) is 16.1. The van der Waals surface area contributed by atoms with Gasteiger partial charge in [-0.15, -0.1) is 0 Å². The van der Waals surface area contributed by atoms with Crippen LogP contribution < -0.4 is 21.6 Å². The van der Waals surface area contributed by atoms with Crippen LogP contribution in [0.25, 0.3) is 0 Å². The van der Waals surface area contributed by atoms with Gasteiger partial charge in [0.2, 0.25) is 0 Å². The van der Waals surface area contributed by atoms with Crippen LogP contribution in [0.15, 0.2) is 76.4 Å². The van der Waals surface area contributed by atoms with E-state index in [1.165, 1.54) is 10.8 Å². The third-order valence-corrected chi connectivity index (χ3v) is 13.6. The predicted molar refractivity (Wildman–Crippen MR) is 134 cm³/mol. The fourth-order valence-corrected chi connectivity index (χ4v) is 12.7. The van der Waals surface area contributed by atoms with Crippen LogP contribution in [0.2, 0.25) is 5.04 Å². The van der Waals surface area contributed by atoms with Crippen molar-refractivity contribution < 1.29 is 14.9 Å². The molecule has 1 aromatic heterocycles. The molecule has 0 unspecified atom stereocenters. The molecule has 0 amide bonds. The Morgan fingerprint density at radius 3 is 2.06 bits per heavy atom. The minimum absolute atomic E-state index is 0.0941. The second-order valence-corrected chi connectivity index (χ2v) is 15.1. The van der Waals surface area contributed by atoms with Crippen LogP contribution in [0.4, 0.5) is 0 Å². The third kappa shape index (κ3) is 3.62. The first-order valence-electron chi connectivity index (χ1n) is 11.5. The van der Waals surface area contributed by atoms with Crippen molar-refractivity contribution in [2.45, 2.75) is 56.7 Å². The lowest BCUT2D eigenvalue weighted by Crippen LogP contribution is -2.80. The van der Waals surface area contributed by atoms with Crippen molar-refractivity contribution in [3.8, 4) is 0 Å². The van der Waals surface area contributed by atoms with E-state index in [-0.39, 0.29) is 6.42 Å². The molecule has 0 radical (unpaired) electrons. The maximum absolute atomic E-state index is 12.7. The van der Waals surface area contributed by atoms with Crippen LogP contribution in [-0.4, -0.2) is 45.8 Å². The molecule has 3 N–H and O–H groups in total. The van der Waals surface area contributed by atoms with Crippen molar-refractivity contribution in [2.75, 3.05) is 6.61 Å². The van der Waals surface area contributed by atoms with E-state index in [1.807, 2.05) is 60.7 Å². The Hall–Kier alpha value is -2.78. The molecule has 0 saturated carbocycles. The highest BCUT2D eigenvalue weighted by Crippen LogP contribution is 2.50. The number of aromatic amines is 1. The van der Waals surface area contributed by atoms with E-state index in [1.54, 1.807) is 6.92 Å². The molecule has 4 rings (SSSR count). The summed E-state index contributed by atoms with van der Waals surface area (Å²) < 4.78 is 7.52. The number of rotatable bonds is 5. The zero-order chi connectivity index (χ0) is 24.7. The maximum Gasteiger partial charge on any atom is 0.330 e. The van der Waals surface area contributed by atoms with E-state index < -0.39 is 48.5 Å². The van der Waals surface area contributed by atoms with E-state index in [4.69, 9.17) is 4.74 Å². The molecule has 3 atom stereocenters. The number of benzene rings is 2. The molecule has 1 fully saturated rings. The standard InChI is InChI=1S/C26H32N2O5Si/c1-18-16-28(24(31)27-23(18)30)22-15-26(32,21(17-29)33-22)34(25(2,3)4,19-11-7-5-8-12-19)20-13-9-6-10-14-20/h5-14,16,21-22,29,32H,15,17H2,1-4H3,(H,27,30,31)/t21-,22-,26-/m1/s1. The van der Waals surface area contributed by atoms with Gasteiger partial charge < -0.3 is 14.9 Å². The highest BCUT2D eigenvalue weighted by atomic mass is 28.3. The van der Waals surface area contributed by atoms with Gasteiger partial charge in [0.15, 0.2) is 8.07 Å². The second-order valence-electron chi connectivity index (χ2n) is 10.1. The Kier molecular flexibility index (Phi) is 6.28. The van der Waals surface area contributed by atoms with Crippen LogP contribution in [0.5, 0.6) is 0 Å². The van der Waals surface area contributed by atoms with E-state index in [0.29, 0.717) is 5.56 Å². The van der Waals surface area contributed by atoms with Crippen LogP contribution in [-0.2, 0) is 4.74 Å². The molecular formula is C26H32N2O5Si. The average molecular weight is 481 g/mol. The molecular weight excluding hydrogens is 448 g/mol. The van der Waals surface area contributed by atoms with Crippen molar-refractivity contribution in [1.82, 2.24) is 9.55 Å². The van der Waals surface area contributed by atoms with Crippen LogP contribution >= 0.6 is 0 Å². The number of hydrogen-bond acceptors (Lipinski definition) is 5. The summed E-state index contributed by atoms with van der Waals surface area (Å²) in [6, 6.07) is 19.9. The minimum atomic E-state index is -3.16. The third-order valence-electron chi connectivity index (χ3n) is 7.15. The normalized spacial score (nSPS) is 23.2. The van der Waals surface area contributed by atoms with Gasteiger partial charge in [-0.1, -0.05) is 91.8 Å².